The highest BCUT2D eigenvalue weighted by molar-refractivity contribution is 6.17. The molecule has 0 unspecified atom stereocenters. The van der Waals surface area contributed by atoms with E-state index in [-0.39, 0.29) is 11.8 Å². The van der Waals surface area contributed by atoms with Crippen LogP contribution in [0.15, 0.2) is 72.8 Å². The van der Waals surface area contributed by atoms with Crippen LogP contribution in [0, 0.1) is 0 Å². The molecule has 1 saturated carbocycles. The first-order valence-corrected chi connectivity index (χ1v) is 14.5. The van der Waals surface area contributed by atoms with Crippen molar-refractivity contribution < 1.29 is 9.59 Å². The SMILES string of the molecule is CN(C)c1ccc(-c2ccc(CNC(=O)C3(c4cccc(CNC(=O)CCCCl)c4)CCCCC3)cc2)cc1. The van der Waals surface area contributed by atoms with Crippen LogP contribution in [-0.4, -0.2) is 31.8 Å². The quantitative estimate of drug-likeness (QED) is 0.268. The number of carbonyl (C=O) groups is 2. The summed E-state index contributed by atoms with van der Waals surface area (Å²) in [5.74, 6) is 0.576. The van der Waals surface area contributed by atoms with Crippen LogP contribution in [-0.2, 0) is 28.1 Å². The van der Waals surface area contributed by atoms with Gasteiger partial charge in [0.05, 0.1) is 5.41 Å². The monoisotopic (exact) mass is 545 g/mol. The van der Waals surface area contributed by atoms with Gasteiger partial charge in [-0.2, -0.15) is 0 Å². The number of rotatable bonds is 11. The number of hydrogen-bond acceptors (Lipinski definition) is 3. The van der Waals surface area contributed by atoms with Gasteiger partial charge < -0.3 is 15.5 Å². The van der Waals surface area contributed by atoms with Gasteiger partial charge in [0.2, 0.25) is 11.8 Å². The molecule has 6 heteroatoms. The molecule has 3 aromatic rings. The average Bonchev–Trinajstić information content (AvgIpc) is 2.98. The van der Waals surface area contributed by atoms with Gasteiger partial charge in [-0.25, -0.2) is 0 Å². The molecule has 5 nitrogen and oxygen atoms in total. The lowest BCUT2D eigenvalue weighted by molar-refractivity contribution is -0.128. The summed E-state index contributed by atoms with van der Waals surface area (Å²) in [6, 6.07) is 25.1. The largest absolute Gasteiger partial charge is 0.378 e. The van der Waals surface area contributed by atoms with E-state index in [1.807, 2.05) is 26.2 Å². The zero-order chi connectivity index (χ0) is 27.7. The fourth-order valence-corrected chi connectivity index (χ4v) is 5.55. The Morgan fingerprint density at radius 3 is 2.10 bits per heavy atom. The van der Waals surface area contributed by atoms with Crippen molar-refractivity contribution in [2.45, 2.75) is 63.5 Å². The molecule has 0 aliphatic heterocycles. The lowest BCUT2D eigenvalue weighted by Crippen LogP contribution is -2.45. The molecule has 2 N–H and O–H groups in total. The first-order chi connectivity index (χ1) is 18.9. The molecule has 0 aromatic heterocycles. The van der Waals surface area contributed by atoms with Gasteiger partial charge in [0.25, 0.3) is 0 Å². The van der Waals surface area contributed by atoms with Gasteiger partial charge >= 0.3 is 0 Å². The summed E-state index contributed by atoms with van der Waals surface area (Å²) in [7, 11) is 4.08. The summed E-state index contributed by atoms with van der Waals surface area (Å²) >= 11 is 5.71. The Labute approximate surface area is 237 Å². The number of hydrogen-bond donors (Lipinski definition) is 2. The lowest BCUT2D eigenvalue weighted by atomic mass is 9.68. The van der Waals surface area contributed by atoms with Crippen LogP contribution in [0.4, 0.5) is 5.69 Å². The summed E-state index contributed by atoms with van der Waals surface area (Å²) in [5.41, 5.74) is 6.11. The maximum absolute atomic E-state index is 13.8. The van der Waals surface area contributed by atoms with Crippen LogP contribution in [0.3, 0.4) is 0 Å². The smallest absolute Gasteiger partial charge is 0.230 e. The van der Waals surface area contributed by atoms with E-state index in [4.69, 9.17) is 11.6 Å². The van der Waals surface area contributed by atoms with E-state index < -0.39 is 5.41 Å². The van der Waals surface area contributed by atoms with E-state index >= 15 is 0 Å². The van der Waals surface area contributed by atoms with Gasteiger partial charge in [-0.1, -0.05) is 79.9 Å². The molecule has 0 bridgehead atoms. The second kappa shape index (κ2) is 13.7. The number of carbonyl (C=O) groups excluding carboxylic acids is 2. The van der Waals surface area contributed by atoms with E-state index in [0.29, 0.717) is 31.8 Å². The Balaban J connectivity index is 1.42. The molecule has 0 atom stereocenters. The van der Waals surface area contributed by atoms with Gasteiger partial charge in [0.15, 0.2) is 0 Å². The highest BCUT2D eigenvalue weighted by atomic mass is 35.5. The molecule has 1 fully saturated rings. The topological polar surface area (TPSA) is 61.4 Å². The van der Waals surface area contributed by atoms with Crippen molar-refractivity contribution in [3.8, 4) is 11.1 Å². The lowest BCUT2D eigenvalue weighted by Gasteiger charge is -2.36. The van der Waals surface area contributed by atoms with Crippen LogP contribution in [0.1, 0.15) is 61.6 Å². The van der Waals surface area contributed by atoms with Crippen molar-refractivity contribution in [3.05, 3.63) is 89.5 Å². The summed E-state index contributed by atoms with van der Waals surface area (Å²) in [4.78, 5) is 27.9. The summed E-state index contributed by atoms with van der Waals surface area (Å²) < 4.78 is 0. The minimum absolute atomic E-state index is 0.00257. The molecule has 0 spiro atoms. The molecule has 3 aromatic carbocycles. The maximum Gasteiger partial charge on any atom is 0.230 e. The van der Waals surface area contributed by atoms with Crippen molar-refractivity contribution in [1.29, 1.82) is 0 Å². The first-order valence-electron chi connectivity index (χ1n) is 14.0. The number of alkyl halides is 1. The van der Waals surface area contributed by atoms with Crippen molar-refractivity contribution in [2.75, 3.05) is 24.9 Å². The standard InChI is InChI=1S/C33H40ClN3O2/c1-37(2)30-17-15-28(16-18-30)27-13-11-25(12-14-27)23-36-32(39)33(19-4-3-5-20-33)29-9-6-8-26(22-29)24-35-31(38)10-7-21-34/h6,8-9,11-18,22H,3-5,7,10,19-21,23-24H2,1-2H3,(H,35,38)(H,36,39). The number of amides is 2. The minimum Gasteiger partial charge on any atom is -0.378 e. The van der Waals surface area contributed by atoms with Crippen LogP contribution in [0.5, 0.6) is 0 Å². The second-order valence-electron chi connectivity index (χ2n) is 10.7. The van der Waals surface area contributed by atoms with Crippen LogP contribution in [0.2, 0.25) is 0 Å². The van der Waals surface area contributed by atoms with Gasteiger partial charge in [-0.15, -0.1) is 11.6 Å². The fourth-order valence-electron chi connectivity index (χ4n) is 5.42. The van der Waals surface area contributed by atoms with Crippen molar-refractivity contribution >= 4 is 29.1 Å². The predicted octanol–water partition coefficient (Wildman–Crippen LogP) is 6.57. The molecular weight excluding hydrogens is 506 g/mol. The zero-order valence-electron chi connectivity index (χ0n) is 23.1. The Bertz CT molecular complexity index is 1230. The molecule has 0 saturated heterocycles. The van der Waals surface area contributed by atoms with Crippen LogP contribution >= 0.6 is 11.6 Å². The Morgan fingerprint density at radius 1 is 0.821 bits per heavy atom. The number of halogens is 1. The van der Waals surface area contributed by atoms with Crippen LogP contribution in [0.25, 0.3) is 11.1 Å². The number of anilines is 1. The molecule has 4 rings (SSSR count). The van der Waals surface area contributed by atoms with E-state index in [9.17, 15) is 9.59 Å². The third-order valence-electron chi connectivity index (χ3n) is 7.77. The Hall–Kier alpha value is -3.31. The molecule has 206 valence electrons. The van der Waals surface area contributed by atoms with Crippen molar-refractivity contribution in [2.24, 2.45) is 0 Å². The highest BCUT2D eigenvalue weighted by Gasteiger charge is 2.41. The molecule has 1 aliphatic carbocycles. The molecular formula is C33H40ClN3O2. The molecule has 2 amide bonds. The van der Waals surface area contributed by atoms with Gasteiger partial charge in [-0.05, 0) is 59.2 Å². The first kappa shape index (κ1) is 28.7. The summed E-state index contributed by atoms with van der Waals surface area (Å²) in [6.07, 6.45) is 6.01. The molecule has 1 aliphatic rings. The number of nitrogens with one attached hydrogen (secondary N) is 2. The molecule has 0 heterocycles. The predicted molar refractivity (Wildman–Crippen MR) is 161 cm³/mol. The van der Waals surface area contributed by atoms with Gasteiger partial charge in [-0.3, -0.25) is 9.59 Å². The van der Waals surface area contributed by atoms with E-state index in [1.54, 1.807) is 0 Å². The Morgan fingerprint density at radius 2 is 1.46 bits per heavy atom. The Kier molecular flexibility index (Phi) is 10.0. The maximum atomic E-state index is 13.8. The van der Waals surface area contributed by atoms with Crippen molar-refractivity contribution in [1.82, 2.24) is 10.6 Å². The third kappa shape index (κ3) is 7.42. The number of benzene rings is 3. The minimum atomic E-state index is -0.537. The second-order valence-corrected chi connectivity index (χ2v) is 11.1. The molecule has 0 radical (unpaired) electrons. The zero-order valence-corrected chi connectivity index (χ0v) is 23.9. The van der Waals surface area contributed by atoms with Gasteiger partial charge in [0, 0.05) is 45.2 Å². The molecule has 39 heavy (non-hydrogen) atoms. The van der Waals surface area contributed by atoms with E-state index in [0.717, 1.165) is 54.4 Å². The third-order valence-corrected chi connectivity index (χ3v) is 8.04. The summed E-state index contributed by atoms with van der Waals surface area (Å²) in [6.45, 7) is 0.952. The van der Waals surface area contributed by atoms with Crippen LogP contribution < -0.4 is 15.5 Å². The summed E-state index contributed by atoms with van der Waals surface area (Å²) in [5, 5.41) is 6.23. The highest BCUT2D eigenvalue weighted by Crippen LogP contribution is 2.40. The fraction of sp³-hybridized carbons (Fsp3) is 0.394. The number of nitrogens with zero attached hydrogens (tertiary/aromatic N) is 1. The van der Waals surface area contributed by atoms with Crippen molar-refractivity contribution in [3.63, 3.8) is 0 Å². The van der Waals surface area contributed by atoms with E-state index in [2.05, 4.69) is 76.2 Å². The normalized spacial score (nSPS) is 14.4. The van der Waals surface area contributed by atoms with E-state index in [1.165, 1.54) is 11.3 Å². The van der Waals surface area contributed by atoms with Gasteiger partial charge in [0.1, 0.15) is 0 Å². The average molecular weight is 546 g/mol.